The zero-order valence-corrected chi connectivity index (χ0v) is 10.8. The van der Waals surface area contributed by atoms with Gasteiger partial charge in [0.25, 0.3) is 0 Å². The van der Waals surface area contributed by atoms with Crippen molar-refractivity contribution in [2.24, 2.45) is 0 Å². The van der Waals surface area contributed by atoms with Crippen molar-refractivity contribution in [2.45, 2.75) is 4.90 Å². The minimum atomic E-state index is -3.18. The van der Waals surface area contributed by atoms with E-state index in [1.807, 2.05) is 0 Å². The summed E-state index contributed by atoms with van der Waals surface area (Å²) in [7, 11) is -1.45. The van der Waals surface area contributed by atoms with Crippen LogP contribution in [-0.4, -0.2) is 36.9 Å². The smallest absolute Gasteiger partial charge is 0.175 e. The number of hydrogen-bond acceptors (Lipinski definition) is 6. The first kappa shape index (κ1) is 12.4. The number of anilines is 1. The van der Waals surface area contributed by atoms with Gasteiger partial charge in [0, 0.05) is 18.9 Å². The van der Waals surface area contributed by atoms with E-state index in [0.717, 1.165) is 5.56 Å². The number of sulfone groups is 1. The van der Waals surface area contributed by atoms with E-state index in [4.69, 9.17) is 0 Å². The largest absolute Gasteiger partial charge is 0.371 e. The van der Waals surface area contributed by atoms with Gasteiger partial charge in [-0.2, -0.15) is 0 Å². The molecule has 1 heterocycles. The highest BCUT2D eigenvalue weighted by molar-refractivity contribution is 7.90. The molecule has 1 N–H and O–H groups in total. The number of nitrogens with zero attached hydrogens (tertiary/aromatic N) is 3. The molecule has 0 spiro atoms. The number of nitrogens with one attached hydrogen (secondary N) is 1. The van der Waals surface area contributed by atoms with E-state index in [-0.39, 0.29) is 4.90 Å². The molecular formula is C11H12N4O2S. The molecule has 0 saturated carbocycles. The normalized spacial score (nSPS) is 11.2. The van der Waals surface area contributed by atoms with Crippen molar-refractivity contribution in [3.8, 4) is 11.3 Å². The maximum atomic E-state index is 11.4. The Balaban J connectivity index is 2.47. The molecule has 7 heteroatoms. The SMILES string of the molecule is CNc1ncnnc1-c1ccc(S(C)(=O)=O)cc1. The third-order valence-electron chi connectivity index (χ3n) is 2.41. The van der Waals surface area contributed by atoms with Crippen LogP contribution in [0.5, 0.6) is 0 Å². The fourth-order valence-electron chi connectivity index (χ4n) is 1.51. The predicted molar refractivity (Wildman–Crippen MR) is 67.9 cm³/mol. The lowest BCUT2D eigenvalue weighted by atomic mass is 10.1. The second-order valence-electron chi connectivity index (χ2n) is 3.70. The van der Waals surface area contributed by atoms with E-state index in [0.29, 0.717) is 11.5 Å². The first-order valence-electron chi connectivity index (χ1n) is 5.18. The van der Waals surface area contributed by atoms with Gasteiger partial charge in [0.15, 0.2) is 15.7 Å². The van der Waals surface area contributed by atoms with Gasteiger partial charge in [-0.1, -0.05) is 12.1 Å². The molecule has 2 rings (SSSR count). The molecule has 0 fully saturated rings. The number of aromatic nitrogens is 3. The molecule has 0 aliphatic rings. The monoisotopic (exact) mass is 264 g/mol. The lowest BCUT2D eigenvalue weighted by Gasteiger charge is -2.06. The minimum Gasteiger partial charge on any atom is -0.371 e. The molecule has 0 aliphatic carbocycles. The summed E-state index contributed by atoms with van der Waals surface area (Å²) in [5, 5.41) is 10.6. The van der Waals surface area contributed by atoms with Gasteiger partial charge in [-0.05, 0) is 12.1 Å². The summed E-state index contributed by atoms with van der Waals surface area (Å²) < 4.78 is 22.7. The second kappa shape index (κ2) is 4.69. The van der Waals surface area contributed by atoms with Crippen molar-refractivity contribution in [2.75, 3.05) is 18.6 Å². The minimum absolute atomic E-state index is 0.272. The second-order valence-corrected chi connectivity index (χ2v) is 5.72. The molecular weight excluding hydrogens is 252 g/mol. The van der Waals surface area contributed by atoms with Crippen molar-refractivity contribution >= 4 is 15.7 Å². The van der Waals surface area contributed by atoms with Gasteiger partial charge in [-0.25, -0.2) is 13.4 Å². The topological polar surface area (TPSA) is 84.8 Å². The van der Waals surface area contributed by atoms with Crippen molar-refractivity contribution in [3.05, 3.63) is 30.6 Å². The maximum Gasteiger partial charge on any atom is 0.175 e. The zero-order chi connectivity index (χ0) is 13.2. The van der Waals surface area contributed by atoms with Crippen LogP contribution in [0.1, 0.15) is 0 Å². The van der Waals surface area contributed by atoms with Gasteiger partial charge in [0.05, 0.1) is 4.90 Å². The Labute approximate surface area is 105 Å². The lowest BCUT2D eigenvalue weighted by Crippen LogP contribution is -2.00. The molecule has 6 nitrogen and oxygen atoms in total. The average Bonchev–Trinajstić information content (AvgIpc) is 2.38. The summed E-state index contributed by atoms with van der Waals surface area (Å²) in [6, 6.07) is 6.45. The van der Waals surface area contributed by atoms with Crippen LogP contribution in [0.25, 0.3) is 11.3 Å². The van der Waals surface area contributed by atoms with Crippen LogP contribution in [-0.2, 0) is 9.84 Å². The lowest BCUT2D eigenvalue weighted by molar-refractivity contribution is 0.602. The maximum absolute atomic E-state index is 11.4. The Bertz CT molecular complexity index is 653. The van der Waals surface area contributed by atoms with Crippen LogP contribution < -0.4 is 5.32 Å². The van der Waals surface area contributed by atoms with Crippen LogP contribution in [0.4, 0.5) is 5.82 Å². The van der Waals surface area contributed by atoms with Crippen molar-refractivity contribution in [1.29, 1.82) is 0 Å². The highest BCUT2D eigenvalue weighted by Crippen LogP contribution is 2.23. The van der Waals surface area contributed by atoms with E-state index in [1.54, 1.807) is 31.3 Å². The Hall–Kier alpha value is -2.02. The Morgan fingerprint density at radius 2 is 1.83 bits per heavy atom. The third kappa shape index (κ3) is 2.45. The average molecular weight is 264 g/mol. The quantitative estimate of drug-likeness (QED) is 0.889. The summed E-state index contributed by atoms with van der Waals surface area (Å²) in [6.45, 7) is 0. The van der Waals surface area contributed by atoms with E-state index in [1.165, 1.54) is 12.6 Å². The Morgan fingerprint density at radius 1 is 1.17 bits per heavy atom. The van der Waals surface area contributed by atoms with Crippen LogP contribution in [0, 0.1) is 0 Å². The fourth-order valence-corrected chi connectivity index (χ4v) is 2.14. The third-order valence-corrected chi connectivity index (χ3v) is 3.54. The number of rotatable bonds is 3. The van der Waals surface area contributed by atoms with E-state index < -0.39 is 9.84 Å². The summed E-state index contributed by atoms with van der Waals surface area (Å²) in [5.41, 5.74) is 1.34. The van der Waals surface area contributed by atoms with E-state index >= 15 is 0 Å². The highest BCUT2D eigenvalue weighted by Gasteiger charge is 2.10. The van der Waals surface area contributed by atoms with Crippen molar-refractivity contribution in [1.82, 2.24) is 15.2 Å². The molecule has 1 aromatic carbocycles. The molecule has 0 amide bonds. The molecule has 2 aromatic rings. The summed E-state index contributed by atoms with van der Waals surface area (Å²) in [4.78, 5) is 4.31. The van der Waals surface area contributed by atoms with Crippen LogP contribution in [0.15, 0.2) is 35.5 Å². The van der Waals surface area contributed by atoms with Crippen molar-refractivity contribution in [3.63, 3.8) is 0 Å². The molecule has 0 radical (unpaired) electrons. The Kier molecular flexibility index (Phi) is 3.24. The molecule has 0 unspecified atom stereocenters. The number of benzene rings is 1. The van der Waals surface area contributed by atoms with E-state index in [9.17, 15) is 8.42 Å². The van der Waals surface area contributed by atoms with E-state index in [2.05, 4.69) is 20.5 Å². The van der Waals surface area contributed by atoms with Crippen LogP contribution in [0.2, 0.25) is 0 Å². The molecule has 0 bridgehead atoms. The van der Waals surface area contributed by atoms with Gasteiger partial charge in [0.1, 0.15) is 12.0 Å². The van der Waals surface area contributed by atoms with Gasteiger partial charge in [0.2, 0.25) is 0 Å². The fraction of sp³-hybridized carbons (Fsp3) is 0.182. The van der Waals surface area contributed by atoms with Gasteiger partial charge in [-0.15, -0.1) is 10.2 Å². The molecule has 94 valence electrons. The standard InChI is InChI=1S/C11H12N4O2S/c1-12-11-10(15-14-7-13-11)8-3-5-9(6-4-8)18(2,16)17/h3-7H,1-2H3,(H,12,13,14). The first-order valence-corrected chi connectivity index (χ1v) is 7.07. The molecule has 0 aliphatic heterocycles. The first-order chi connectivity index (χ1) is 8.52. The molecule has 1 aromatic heterocycles. The highest BCUT2D eigenvalue weighted by atomic mass is 32.2. The number of hydrogen-bond donors (Lipinski definition) is 1. The Morgan fingerprint density at radius 3 is 2.39 bits per heavy atom. The van der Waals surface area contributed by atoms with Crippen LogP contribution >= 0.6 is 0 Å². The summed E-state index contributed by atoms with van der Waals surface area (Å²) in [6.07, 6.45) is 2.52. The molecule has 0 atom stereocenters. The summed E-state index contributed by atoms with van der Waals surface area (Å²) in [5.74, 6) is 0.595. The van der Waals surface area contributed by atoms with Crippen molar-refractivity contribution < 1.29 is 8.42 Å². The zero-order valence-electron chi connectivity index (χ0n) is 9.95. The van der Waals surface area contributed by atoms with Gasteiger partial charge < -0.3 is 5.32 Å². The van der Waals surface area contributed by atoms with Gasteiger partial charge >= 0.3 is 0 Å². The van der Waals surface area contributed by atoms with Gasteiger partial charge in [-0.3, -0.25) is 0 Å². The molecule has 0 saturated heterocycles. The summed E-state index contributed by atoms with van der Waals surface area (Å²) >= 11 is 0. The molecule has 18 heavy (non-hydrogen) atoms. The predicted octanol–water partition coefficient (Wildman–Crippen LogP) is 0.984. The van der Waals surface area contributed by atoms with Crippen LogP contribution in [0.3, 0.4) is 0 Å².